The zero-order chi connectivity index (χ0) is 97.7. The number of allylic oxidation sites excluding steroid dienone is 2. The SMILES string of the molecule is CN/C(C)=C\C(=O)CCc1ccc(NC(=O)CCCCSC2CC(=O)N(CCC(=O)N[C@@H](CCCCNC(=O)Cn3cc(CNC(=O)CN4CCN(CC(=O)OC)CCN(CC(=O)OC)CCN(CC(=O)OC)CC4)nn3)C(=O)NCCOCCC(=O)NCCCC[C@@H]3NC(=O)[C@@H](Cc4ccccc4)NC(=O)[C@H](CC(=O)O)NC(=O)CNC(=O)[C@H](CCCNC(=N)N)NC3=O)C2=O)cc1. The number of unbranched alkanes of at least 4 members (excludes halogenated alkanes) is 3. The molecule has 3 saturated heterocycles. The van der Waals surface area contributed by atoms with E-state index in [1.54, 1.807) is 55.6 Å². The summed E-state index contributed by atoms with van der Waals surface area (Å²) in [5.74, 6) is -10.8. The van der Waals surface area contributed by atoms with Gasteiger partial charge in [-0.15, -0.1) is 16.9 Å². The van der Waals surface area contributed by atoms with Crippen molar-refractivity contribution in [3.63, 3.8) is 0 Å². The number of carboxylic acids is 1. The second-order valence-corrected chi connectivity index (χ2v) is 33.5. The van der Waals surface area contributed by atoms with Crippen molar-refractivity contribution in [3.05, 3.63) is 89.4 Å². The quantitative estimate of drug-likeness (QED) is 0.00486. The van der Waals surface area contributed by atoms with Crippen LogP contribution in [0.15, 0.2) is 72.6 Å². The minimum Gasteiger partial charge on any atom is -0.481 e. The van der Waals surface area contributed by atoms with Crippen LogP contribution in [-0.4, -0.2) is 358 Å². The molecule has 0 spiro atoms. The van der Waals surface area contributed by atoms with Crippen molar-refractivity contribution in [2.24, 2.45) is 5.73 Å². The third-order valence-corrected chi connectivity index (χ3v) is 23.0. The molecule has 3 aliphatic heterocycles. The van der Waals surface area contributed by atoms with E-state index in [-0.39, 0.29) is 179 Å². The van der Waals surface area contributed by atoms with Crippen molar-refractivity contribution in [2.75, 3.05) is 170 Å². The van der Waals surface area contributed by atoms with Gasteiger partial charge in [-0.25, -0.2) is 4.68 Å². The molecule has 47 heteroatoms. The Balaban J connectivity index is 0.999. The number of likely N-dealkylation sites (tertiary alicyclic amines) is 1. The molecule has 6 rings (SSSR count). The molecule has 3 aliphatic rings. The van der Waals surface area contributed by atoms with E-state index < -0.39 is 137 Å². The van der Waals surface area contributed by atoms with Crippen LogP contribution in [0.2, 0.25) is 0 Å². The summed E-state index contributed by atoms with van der Waals surface area (Å²) in [5, 5.41) is 59.4. The molecule has 134 heavy (non-hydrogen) atoms. The summed E-state index contributed by atoms with van der Waals surface area (Å²) in [5.41, 5.74) is 8.68. The highest BCUT2D eigenvalue weighted by Gasteiger charge is 2.40. The number of nitrogens with zero attached hydrogens (tertiary/aromatic N) is 8. The summed E-state index contributed by atoms with van der Waals surface area (Å²) < 4.78 is 21.8. The number of ketones is 1. The summed E-state index contributed by atoms with van der Waals surface area (Å²) in [6.07, 6.45) is 4.92. The molecule has 6 atom stereocenters. The Labute approximate surface area is 782 Å². The third kappa shape index (κ3) is 44.3. The van der Waals surface area contributed by atoms with Gasteiger partial charge in [0.2, 0.25) is 76.8 Å². The van der Waals surface area contributed by atoms with Crippen LogP contribution in [0.5, 0.6) is 0 Å². The second kappa shape index (κ2) is 61.3. The highest BCUT2D eigenvalue weighted by Crippen LogP contribution is 2.27. The lowest BCUT2D eigenvalue weighted by Crippen LogP contribution is -2.58. The number of hydrogen-bond acceptors (Lipinski definition) is 31. The van der Waals surface area contributed by atoms with E-state index in [2.05, 4.69) is 79.4 Å². The standard InChI is InChI=1S/C87H131N23O23S/c1-58(90-2)46-63(111)27-24-59-22-25-61(26-23-59)97-71(113)21-11-14-45-134-69-49-76(118)110(86(69)129)34-28-72(114)98-64(18-9-13-31-92-75(117)54-109-52-62(103-104-109)50-95-74(116)53-105-35-37-106(55-78(121)130-3)39-41-108(57-80(123)132-5)42-40-107(38-36-105)56-79(122)131-4)81(124)93-33-44-133-43-29-70(112)91-30-12-10-19-66-83(126)100-65(20-15-32-94-87(88)89)82(125)96-51-73(115)99-68(48-77(119)120)85(128)102-67(84(127)101-66)47-60-16-7-6-8-17-60/h6-8,16-17,22-23,25-26,46,52,64-69,90H,9-15,18-21,24,27-45,47-51,53-57H2,1-5H3,(H,91,112)(H,92,117)(H,93,124)(H,95,116)(H,96,125)(H,97,113)(H,98,114)(H,99,115)(H,100,126)(H,101,127)(H,102,128)(H,119,120)(H4,88,89,94)/b58-46-/t64-,65-,66-,67+,68-,69?/m0/s1. The number of carbonyl (C=O) groups is 18. The summed E-state index contributed by atoms with van der Waals surface area (Å²) in [7, 11) is 5.60. The molecule has 0 radical (unpaired) electrons. The highest BCUT2D eigenvalue weighted by molar-refractivity contribution is 8.00. The van der Waals surface area contributed by atoms with E-state index in [1.807, 2.05) is 38.7 Å². The Morgan fingerprint density at radius 2 is 1.16 bits per heavy atom. The van der Waals surface area contributed by atoms with Gasteiger partial charge in [-0.3, -0.25) is 116 Å². The van der Waals surface area contributed by atoms with Gasteiger partial charge in [-0.2, -0.15) is 0 Å². The first-order chi connectivity index (χ1) is 64.3. The van der Waals surface area contributed by atoms with Crippen LogP contribution >= 0.6 is 11.8 Å². The van der Waals surface area contributed by atoms with Crippen molar-refractivity contribution in [3.8, 4) is 0 Å². The molecule has 738 valence electrons. The fourth-order valence-corrected chi connectivity index (χ4v) is 15.3. The number of nitrogens with one attached hydrogen (secondary N) is 14. The van der Waals surface area contributed by atoms with Crippen LogP contribution in [0.3, 0.4) is 0 Å². The predicted molar refractivity (Wildman–Crippen MR) is 487 cm³/mol. The fraction of sp³-hybridized carbons (Fsp3) is 0.598. The number of imide groups is 1. The number of aliphatic carboxylic acids is 1. The molecule has 13 amide bonds. The average molecular weight is 1900 g/mol. The van der Waals surface area contributed by atoms with Crippen molar-refractivity contribution in [1.29, 1.82) is 5.41 Å². The largest absolute Gasteiger partial charge is 0.481 e. The normalized spacial score (nSPS) is 18.0. The maximum Gasteiger partial charge on any atom is 0.319 e. The number of benzene rings is 2. The van der Waals surface area contributed by atoms with Crippen molar-refractivity contribution >= 4 is 130 Å². The monoisotopic (exact) mass is 1900 g/mol. The van der Waals surface area contributed by atoms with Gasteiger partial charge in [0, 0.05) is 142 Å². The number of ether oxygens (including phenoxy) is 4. The van der Waals surface area contributed by atoms with Crippen molar-refractivity contribution in [2.45, 2.75) is 171 Å². The minimum atomic E-state index is -1.68. The molecule has 1 unspecified atom stereocenters. The van der Waals surface area contributed by atoms with Gasteiger partial charge >= 0.3 is 23.9 Å². The Kier molecular flexibility index (Phi) is 50.3. The van der Waals surface area contributed by atoms with E-state index in [4.69, 9.17) is 30.1 Å². The topological polar surface area (TPSA) is 618 Å². The number of aromatic nitrogens is 3. The number of aryl methyl sites for hydroxylation is 1. The number of nitrogens with two attached hydrogens (primary N) is 1. The number of esters is 3. The second-order valence-electron chi connectivity index (χ2n) is 32.2. The molecule has 3 fully saturated rings. The van der Waals surface area contributed by atoms with Crippen LogP contribution in [0, 0.1) is 5.41 Å². The number of rotatable bonds is 53. The van der Waals surface area contributed by atoms with Crippen molar-refractivity contribution < 1.29 is 110 Å². The number of hydrogen-bond donors (Lipinski definition) is 16. The fourth-order valence-electron chi connectivity index (χ4n) is 14.1. The van der Waals surface area contributed by atoms with Gasteiger partial charge in [0.05, 0.1) is 91.7 Å². The molecule has 3 aromatic rings. The summed E-state index contributed by atoms with van der Waals surface area (Å²) in [6.45, 7) is 3.32. The molecule has 0 bridgehead atoms. The van der Waals surface area contributed by atoms with Gasteiger partial charge in [-0.1, -0.05) is 47.7 Å². The first-order valence-electron chi connectivity index (χ1n) is 44.8. The predicted octanol–water partition coefficient (Wildman–Crippen LogP) is -4.05. The lowest BCUT2D eigenvalue weighted by Gasteiger charge is -2.33. The molecule has 17 N–H and O–H groups in total. The lowest BCUT2D eigenvalue weighted by atomic mass is 10.0. The van der Waals surface area contributed by atoms with Crippen LogP contribution in [-0.2, 0) is 131 Å². The number of methoxy groups -OCH3 is 3. The zero-order valence-corrected chi connectivity index (χ0v) is 77.6. The minimum absolute atomic E-state index is 0.000611. The smallest absolute Gasteiger partial charge is 0.319 e. The maximum atomic E-state index is 14.2. The molecule has 1 aromatic heterocycles. The number of carbonyl (C=O) groups excluding carboxylic acids is 17. The zero-order valence-electron chi connectivity index (χ0n) is 76.8. The first kappa shape index (κ1) is 110. The van der Waals surface area contributed by atoms with Crippen LogP contribution in [0.25, 0.3) is 0 Å². The van der Waals surface area contributed by atoms with E-state index in [0.717, 1.165) is 16.2 Å². The number of thioether (sulfide) groups is 1. The van der Waals surface area contributed by atoms with E-state index in [1.165, 1.54) is 44.0 Å². The molecular formula is C87H131N23O23S. The Morgan fingerprint density at radius 1 is 0.582 bits per heavy atom. The van der Waals surface area contributed by atoms with Crippen molar-refractivity contribution in [1.82, 2.24) is 103 Å². The van der Waals surface area contributed by atoms with Gasteiger partial charge in [0.15, 0.2) is 11.7 Å². The van der Waals surface area contributed by atoms with Crippen LogP contribution < -0.4 is 74.9 Å². The van der Waals surface area contributed by atoms with E-state index in [0.29, 0.717) is 114 Å². The van der Waals surface area contributed by atoms with Gasteiger partial charge in [0.1, 0.15) is 42.4 Å². The summed E-state index contributed by atoms with van der Waals surface area (Å²) >= 11 is 1.29. The maximum absolute atomic E-state index is 14.2. The first-order valence-corrected chi connectivity index (χ1v) is 45.8. The van der Waals surface area contributed by atoms with Crippen LogP contribution in [0.4, 0.5) is 5.69 Å². The third-order valence-electron chi connectivity index (χ3n) is 21.7. The number of guanidine groups is 1. The molecule has 0 aliphatic carbocycles. The molecular weight excluding hydrogens is 1770 g/mol. The molecule has 2 aromatic carbocycles. The molecule has 0 saturated carbocycles. The summed E-state index contributed by atoms with van der Waals surface area (Å²) in [4.78, 5) is 246. The Bertz CT molecular complexity index is 4420. The molecule has 46 nitrogen and oxygen atoms in total. The molecule has 4 heterocycles. The van der Waals surface area contributed by atoms with Crippen LogP contribution in [0.1, 0.15) is 126 Å². The average Bonchev–Trinajstić information content (AvgIpc) is 1.75. The number of carboxylic acid groups (broad SMARTS) is 1. The van der Waals surface area contributed by atoms with Gasteiger partial charge in [-0.05, 0) is 113 Å². The highest BCUT2D eigenvalue weighted by atomic mass is 32.2. The number of amides is 13. The van der Waals surface area contributed by atoms with E-state index in [9.17, 15) is 91.4 Å². The van der Waals surface area contributed by atoms with E-state index >= 15 is 0 Å². The Morgan fingerprint density at radius 3 is 1.78 bits per heavy atom. The van der Waals surface area contributed by atoms with Gasteiger partial charge in [0.25, 0.3) is 0 Å². The summed E-state index contributed by atoms with van der Waals surface area (Å²) in [6, 6.07) is 8.85. The number of anilines is 1. The van der Waals surface area contributed by atoms with Gasteiger partial charge < -0.3 is 98.9 Å². The lowest BCUT2D eigenvalue weighted by molar-refractivity contribution is -0.144. The Hall–Kier alpha value is -12.6.